The van der Waals surface area contributed by atoms with Crippen LogP contribution in [0, 0.1) is 11.8 Å². The van der Waals surface area contributed by atoms with Crippen molar-refractivity contribution in [3.8, 4) is 0 Å². The smallest absolute Gasteiger partial charge is 0.224 e. The Balaban J connectivity index is 1.42. The highest BCUT2D eigenvalue weighted by Crippen LogP contribution is 2.22. The molecular formula is C18H33N3O2. The van der Waals surface area contributed by atoms with Crippen LogP contribution in [0.3, 0.4) is 0 Å². The molecule has 0 bridgehead atoms. The first-order chi connectivity index (χ1) is 11.2. The third-order valence-corrected chi connectivity index (χ3v) is 5.68. The fourth-order valence-corrected chi connectivity index (χ4v) is 4.14. The van der Waals surface area contributed by atoms with Crippen LogP contribution >= 0.6 is 0 Å². The van der Waals surface area contributed by atoms with Gasteiger partial charge in [-0.3, -0.25) is 4.79 Å². The summed E-state index contributed by atoms with van der Waals surface area (Å²) in [5, 5.41) is 3.39. The van der Waals surface area contributed by atoms with E-state index >= 15 is 0 Å². The Morgan fingerprint density at radius 1 is 1.22 bits per heavy atom. The van der Waals surface area contributed by atoms with Crippen molar-refractivity contribution >= 4 is 5.91 Å². The van der Waals surface area contributed by atoms with Crippen molar-refractivity contribution in [1.82, 2.24) is 15.1 Å². The third-order valence-electron chi connectivity index (χ3n) is 5.68. The Hall–Kier alpha value is -0.650. The van der Waals surface area contributed by atoms with Gasteiger partial charge in [-0.05, 0) is 50.6 Å². The normalized spacial score (nSPS) is 31.3. The first-order valence-electron chi connectivity index (χ1n) is 9.52. The van der Waals surface area contributed by atoms with Crippen molar-refractivity contribution in [3.63, 3.8) is 0 Å². The summed E-state index contributed by atoms with van der Waals surface area (Å²) in [6.45, 7) is 10.2. The van der Waals surface area contributed by atoms with Gasteiger partial charge in [-0.15, -0.1) is 0 Å². The van der Waals surface area contributed by atoms with Crippen molar-refractivity contribution in [2.75, 3.05) is 52.5 Å². The van der Waals surface area contributed by atoms with Crippen LogP contribution < -0.4 is 5.32 Å². The molecule has 3 aliphatic rings. The molecule has 3 fully saturated rings. The van der Waals surface area contributed by atoms with Crippen molar-refractivity contribution in [1.29, 1.82) is 0 Å². The number of carbonyl (C=O) groups is 1. The molecule has 0 spiro atoms. The molecule has 23 heavy (non-hydrogen) atoms. The standard InChI is InChI=1S/C18H33N3O2/c1-15-4-8-20(9-5-15)12-16-3-2-7-21(13-16)18(22)11-17-14-23-10-6-19-17/h15-17,19H,2-14H2,1H3. The maximum Gasteiger partial charge on any atom is 0.224 e. The van der Waals surface area contributed by atoms with Crippen LogP contribution in [0.2, 0.25) is 0 Å². The molecule has 0 saturated carbocycles. The van der Waals surface area contributed by atoms with Gasteiger partial charge in [-0.25, -0.2) is 0 Å². The van der Waals surface area contributed by atoms with E-state index in [1.807, 2.05) is 0 Å². The Morgan fingerprint density at radius 3 is 2.78 bits per heavy atom. The molecule has 3 heterocycles. The molecular weight excluding hydrogens is 290 g/mol. The highest BCUT2D eigenvalue weighted by atomic mass is 16.5. The zero-order valence-electron chi connectivity index (χ0n) is 14.6. The second kappa shape index (κ2) is 8.45. The molecule has 0 aromatic heterocycles. The summed E-state index contributed by atoms with van der Waals surface area (Å²) in [5.41, 5.74) is 0. The molecule has 132 valence electrons. The highest BCUT2D eigenvalue weighted by molar-refractivity contribution is 5.77. The lowest BCUT2D eigenvalue weighted by Gasteiger charge is -2.38. The molecule has 5 heteroatoms. The molecule has 2 unspecified atom stereocenters. The first kappa shape index (κ1) is 17.2. The van der Waals surface area contributed by atoms with Crippen molar-refractivity contribution in [2.24, 2.45) is 11.8 Å². The van der Waals surface area contributed by atoms with Crippen LogP contribution in [0.5, 0.6) is 0 Å². The van der Waals surface area contributed by atoms with Crippen LogP contribution in [-0.2, 0) is 9.53 Å². The van der Waals surface area contributed by atoms with Gasteiger partial charge in [-0.1, -0.05) is 6.92 Å². The van der Waals surface area contributed by atoms with Crippen LogP contribution in [0.1, 0.15) is 39.0 Å². The van der Waals surface area contributed by atoms with E-state index in [4.69, 9.17) is 4.74 Å². The number of nitrogens with one attached hydrogen (secondary N) is 1. The number of hydrogen-bond acceptors (Lipinski definition) is 4. The van der Waals surface area contributed by atoms with Crippen molar-refractivity contribution in [2.45, 2.75) is 45.1 Å². The number of nitrogens with zero attached hydrogens (tertiary/aromatic N) is 2. The minimum atomic E-state index is 0.209. The SMILES string of the molecule is CC1CCN(CC2CCCN(C(=O)CC3COCCN3)C2)CC1. The molecule has 0 aromatic carbocycles. The first-order valence-corrected chi connectivity index (χ1v) is 9.52. The molecule has 3 rings (SSSR count). The largest absolute Gasteiger partial charge is 0.378 e. The number of ether oxygens (including phenoxy) is 1. The number of amides is 1. The molecule has 2 atom stereocenters. The Bertz CT molecular complexity index is 376. The van der Waals surface area contributed by atoms with E-state index in [0.717, 1.165) is 38.6 Å². The topological polar surface area (TPSA) is 44.8 Å². The number of rotatable bonds is 4. The van der Waals surface area contributed by atoms with Crippen molar-refractivity contribution in [3.05, 3.63) is 0 Å². The number of carbonyl (C=O) groups excluding carboxylic acids is 1. The second-order valence-electron chi connectivity index (χ2n) is 7.76. The monoisotopic (exact) mass is 323 g/mol. The minimum absolute atomic E-state index is 0.209. The molecule has 0 aliphatic carbocycles. The number of hydrogen-bond donors (Lipinski definition) is 1. The summed E-state index contributed by atoms with van der Waals surface area (Å²) in [5.74, 6) is 1.86. The quantitative estimate of drug-likeness (QED) is 0.848. The van der Waals surface area contributed by atoms with E-state index in [0.29, 0.717) is 24.9 Å². The van der Waals surface area contributed by atoms with E-state index in [9.17, 15) is 4.79 Å². The minimum Gasteiger partial charge on any atom is -0.378 e. The molecule has 1 N–H and O–H groups in total. The summed E-state index contributed by atoms with van der Waals surface area (Å²) in [6, 6.07) is 0.209. The van der Waals surface area contributed by atoms with Crippen LogP contribution in [0.4, 0.5) is 0 Å². The van der Waals surface area contributed by atoms with E-state index in [2.05, 4.69) is 22.0 Å². The lowest BCUT2D eigenvalue weighted by atomic mass is 9.94. The maximum absolute atomic E-state index is 12.6. The average molecular weight is 323 g/mol. The molecule has 3 saturated heterocycles. The summed E-state index contributed by atoms with van der Waals surface area (Å²) in [4.78, 5) is 17.3. The predicted molar refractivity (Wildman–Crippen MR) is 91.4 cm³/mol. The second-order valence-corrected chi connectivity index (χ2v) is 7.76. The van der Waals surface area contributed by atoms with Gasteiger partial charge in [0.2, 0.25) is 5.91 Å². The van der Waals surface area contributed by atoms with Gasteiger partial charge in [0.25, 0.3) is 0 Å². The van der Waals surface area contributed by atoms with Gasteiger partial charge >= 0.3 is 0 Å². The molecule has 5 nitrogen and oxygen atoms in total. The predicted octanol–water partition coefficient (Wildman–Crippen LogP) is 1.34. The lowest BCUT2D eigenvalue weighted by Crippen LogP contribution is -2.48. The third kappa shape index (κ3) is 5.16. The fraction of sp³-hybridized carbons (Fsp3) is 0.944. The van der Waals surface area contributed by atoms with Crippen LogP contribution in [0.15, 0.2) is 0 Å². The number of morpholine rings is 1. The van der Waals surface area contributed by atoms with E-state index < -0.39 is 0 Å². The summed E-state index contributed by atoms with van der Waals surface area (Å²) >= 11 is 0. The maximum atomic E-state index is 12.6. The Labute approximate surface area is 140 Å². The highest BCUT2D eigenvalue weighted by Gasteiger charge is 2.28. The summed E-state index contributed by atoms with van der Waals surface area (Å²) < 4.78 is 5.46. The van der Waals surface area contributed by atoms with E-state index in [1.54, 1.807) is 0 Å². The Morgan fingerprint density at radius 2 is 2.04 bits per heavy atom. The van der Waals surface area contributed by atoms with Gasteiger partial charge in [0.05, 0.1) is 13.2 Å². The fourth-order valence-electron chi connectivity index (χ4n) is 4.14. The number of piperidine rings is 2. The summed E-state index contributed by atoms with van der Waals surface area (Å²) in [6.07, 6.45) is 5.70. The van der Waals surface area contributed by atoms with Gasteiger partial charge in [-0.2, -0.15) is 0 Å². The van der Waals surface area contributed by atoms with Gasteiger partial charge in [0, 0.05) is 38.6 Å². The molecule has 1 amide bonds. The van der Waals surface area contributed by atoms with Crippen molar-refractivity contribution < 1.29 is 9.53 Å². The van der Waals surface area contributed by atoms with Crippen LogP contribution in [-0.4, -0.2) is 74.2 Å². The van der Waals surface area contributed by atoms with Gasteiger partial charge < -0.3 is 19.9 Å². The van der Waals surface area contributed by atoms with E-state index in [-0.39, 0.29) is 6.04 Å². The summed E-state index contributed by atoms with van der Waals surface area (Å²) in [7, 11) is 0. The van der Waals surface area contributed by atoms with E-state index in [1.165, 1.54) is 38.9 Å². The van der Waals surface area contributed by atoms with Gasteiger partial charge in [0.1, 0.15) is 0 Å². The molecule has 0 radical (unpaired) electrons. The molecule has 3 aliphatic heterocycles. The number of likely N-dealkylation sites (tertiary alicyclic amines) is 2. The van der Waals surface area contributed by atoms with Gasteiger partial charge in [0.15, 0.2) is 0 Å². The average Bonchev–Trinajstić information content (AvgIpc) is 2.58. The molecule has 0 aromatic rings. The zero-order chi connectivity index (χ0) is 16.1. The van der Waals surface area contributed by atoms with Crippen LogP contribution in [0.25, 0.3) is 0 Å². The lowest BCUT2D eigenvalue weighted by molar-refractivity contribution is -0.134. The zero-order valence-corrected chi connectivity index (χ0v) is 14.6. The Kier molecular flexibility index (Phi) is 6.31.